The monoisotopic (exact) mass is 365 g/mol. The first kappa shape index (κ1) is 18.1. The summed E-state index contributed by atoms with van der Waals surface area (Å²) in [5, 5.41) is 6.01. The Morgan fingerprint density at radius 3 is 2.63 bits per heavy atom. The lowest BCUT2D eigenvalue weighted by molar-refractivity contribution is 0.0129. The smallest absolute Gasteiger partial charge is 0.153 e. The van der Waals surface area contributed by atoms with Gasteiger partial charge in [0.1, 0.15) is 5.82 Å². The third-order valence-corrected chi connectivity index (χ3v) is 5.18. The molecule has 1 fully saturated rings. The number of nitrogens with zero attached hydrogens (tertiary/aromatic N) is 5. The van der Waals surface area contributed by atoms with Crippen LogP contribution in [-0.4, -0.2) is 51.0 Å². The number of morpholine rings is 1. The number of rotatable bonds is 5. The molecule has 2 aromatic heterocycles. The van der Waals surface area contributed by atoms with Gasteiger partial charge in [-0.2, -0.15) is 5.10 Å². The molecule has 0 saturated carbocycles. The number of pyridine rings is 1. The molecule has 1 unspecified atom stereocenters. The van der Waals surface area contributed by atoms with Gasteiger partial charge in [0.2, 0.25) is 0 Å². The predicted molar refractivity (Wildman–Crippen MR) is 106 cm³/mol. The SMILES string of the molecule is CCC(c1nc(C(C)C)nn1-c1cccc2cccnc12)N1CCOCC1. The third-order valence-electron chi connectivity index (χ3n) is 5.18. The fourth-order valence-corrected chi connectivity index (χ4v) is 3.73. The molecule has 0 amide bonds. The molecule has 6 heteroatoms. The fraction of sp³-hybridized carbons (Fsp3) is 0.476. The molecule has 3 aromatic rings. The van der Waals surface area contributed by atoms with Crippen molar-refractivity contribution < 1.29 is 4.74 Å². The van der Waals surface area contributed by atoms with Crippen LogP contribution in [0.25, 0.3) is 16.6 Å². The number of ether oxygens (including phenoxy) is 1. The zero-order valence-corrected chi connectivity index (χ0v) is 16.3. The van der Waals surface area contributed by atoms with Gasteiger partial charge >= 0.3 is 0 Å². The highest BCUT2D eigenvalue weighted by atomic mass is 16.5. The van der Waals surface area contributed by atoms with E-state index in [2.05, 4.69) is 54.9 Å². The van der Waals surface area contributed by atoms with Crippen LogP contribution in [0.1, 0.15) is 50.8 Å². The van der Waals surface area contributed by atoms with Crippen molar-refractivity contribution in [3.05, 3.63) is 48.2 Å². The molecular weight excluding hydrogens is 338 g/mol. The van der Waals surface area contributed by atoms with Crippen LogP contribution in [0, 0.1) is 0 Å². The molecule has 3 heterocycles. The highest BCUT2D eigenvalue weighted by Crippen LogP contribution is 2.29. The van der Waals surface area contributed by atoms with E-state index in [9.17, 15) is 0 Å². The lowest BCUT2D eigenvalue weighted by Crippen LogP contribution is -2.39. The topological polar surface area (TPSA) is 56.1 Å². The summed E-state index contributed by atoms with van der Waals surface area (Å²) in [5.41, 5.74) is 1.95. The Bertz CT molecular complexity index is 909. The zero-order chi connectivity index (χ0) is 18.8. The summed E-state index contributed by atoms with van der Waals surface area (Å²) in [7, 11) is 0. The standard InChI is InChI=1S/C21H27N5O/c1-4-17(25-11-13-27-14-12-25)21-23-20(15(2)3)24-26(21)18-9-5-7-16-8-6-10-22-19(16)18/h5-10,15,17H,4,11-14H2,1-3H3. The first-order valence-electron chi connectivity index (χ1n) is 9.81. The van der Waals surface area contributed by atoms with Crippen LogP contribution in [0.5, 0.6) is 0 Å². The minimum atomic E-state index is 0.216. The maximum Gasteiger partial charge on any atom is 0.153 e. The van der Waals surface area contributed by atoms with Gasteiger partial charge in [-0.15, -0.1) is 0 Å². The van der Waals surface area contributed by atoms with Crippen molar-refractivity contribution in [3.63, 3.8) is 0 Å². The van der Waals surface area contributed by atoms with Crippen molar-refractivity contribution in [2.24, 2.45) is 0 Å². The molecule has 1 atom stereocenters. The third kappa shape index (κ3) is 3.47. The van der Waals surface area contributed by atoms with E-state index in [1.807, 2.05) is 16.9 Å². The molecule has 0 spiro atoms. The number of fused-ring (bicyclic) bond motifs is 1. The molecule has 142 valence electrons. The van der Waals surface area contributed by atoms with Gasteiger partial charge in [-0.1, -0.05) is 39.0 Å². The van der Waals surface area contributed by atoms with Crippen molar-refractivity contribution in [1.82, 2.24) is 24.6 Å². The van der Waals surface area contributed by atoms with Crippen LogP contribution in [0.4, 0.5) is 0 Å². The van der Waals surface area contributed by atoms with Crippen LogP contribution < -0.4 is 0 Å². The molecule has 1 aliphatic rings. The van der Waals surface area contributed by atoms with Gasteiger partial charge in [0.15, 0.2) is 5.82 Å². The van der Waals surface area contributed by atoms with E-state index in [1.54, 1.807) is 0 Å². The highest BCUT2D eigenvalue weighted by Gasteiger charge is 2.28. The second-order valence-corrected chi connectivity index (χ2v) is 7.32. The van der Waals surface area contributed by atoms with E-state index in [0.29, 0.717) is 0 Å². The predicted octanol–water partition coefficient (Wildman–Crippen LogP) is 3.72. The van der Waals surface area contributed by atoms with Crippen molar-refractivity contribution in [3.8, 4) is 5.69 Å². The summed E-state index contributed by atoms with van der Waals surface area (Å²) in [4.78, 5) is 12.1. The van der Waals surface area contributed by atoms with E-state index in [1.165, 1.54) is 0 Å². The number of benzene rings is 1. The second-order valence-electron chi connectivity index (χ2n) is 7.32. The second kappa shape index (κ2) is 7.74. The molecule has 4 rings (SSSR count). The molecule has 0 radical (unpaired) electrons. The van der Waals surface area contributed by atoms with Gasteiger partial charge in [-0.05, 0) is 18.6 Å². The van der Waals surface area contributed by atoms with Crippen LogP contribution in [0.2, 0.25) is 0 Å². The Morgan fingerprint density at radius 1 is 1.11 bits per heavy atom. The lowest BCUT2D eigenvalue weighted by atomic mass is 10.1. The van der Waals surface area contributed by atoms with Gasteiger partial charge in [-0.3, -0.25) is 9.88 Å². The largest absolute Gasteiger partial charge is 0.379 e. The van der Waals surface area contributed by atoms with Gasteiger partial charge in [0.25, 0.3) is 0 Å². The maximum absolute atomic E-state index is 5.55. The lowest BCUT2D eigenvalue weighted by Gasteiger charge is -2.33. The first-order valence-corrected chi connectivity index (χ1v) is 9.81. The fourth-order valence-electron chi connectivity index (χ4n) is 3.73. The van der Waals surface area contributed by atoms with E-state index >= 15 is 0 Å². The van der Waals surface area contributed by atoms with Crippen LogP contribution in [0.15, 0.2) is 36.5 Å². The van der Waals surface area contributed by atoms with E-state index < -0.39 is 0 Å². The molecular formula is C21H27N5O. The molecule has 6 nitrogen and oxygen atoms in total. The first-order chi connectivity index (χ1) is 13.2. The minimum Gasteiger partial charge on any atom is -0.379 e. The molecule has 1 aliphatic heterocycles. The van der Waals surface area contributed by atoms with Crippen molar-refractivity contribution >= 4 is 10.9 Å². The Hall–Kier alpha value is -2.31. The Morgan fingerprint density at radius 2 is 1.89 bits per heavy atom. The Balaban J connectivity index is 1.86. The molecule has 27 heavy (non-hydrogen) atoms. The molecule has 1 saturated heterocycles. The van der Waals surface area contributed by atoms with Crippen molar-refractivity contribution in [2.45, 2.75) is 39.2 Å². The normalized spacial score (nSPS) is 16.9. The van der Waals surface area contributed by atoms with Crippen LogP contribution in [0.3, 0.4) is 0 Å². The quantitative estimate of drug-likeness (QED) is 0.690. The molecule has 0 aliphatic carbocycles. The molecule has 0 bridgehead atoms. The number of hydrogen-bond donors (Lipinski definition) is 0. The van der Waals surface area contributed by atoms with Crippen molar-refractivity contribution in [2.75, 3.05) is 26.3 Å². The number of aromatic nitrogens is 4. The summed E-state index contributed by atoms with van der Waals surface area (Å²) in [5.74, 6) is 2.15. The van der Waals surface area contributed by atoms with Crippen LogP contribution >= 0.6 is 0 Å². The van der Waals surface area contributed by atoms with E-state index in [4.69, 9.17) is 14.8 Å². The number of hydrogen-bond acceptors (Lipinski definition) is 5. The summed E-state index contributed by atoms with van der Waals surface area (Å²) in [6.07, 6.45) is 2.82. The van der Waals surface area contributed by atoms with Gasteiger partial charge in [-0.25, -0.2) is 9.67 Å². The van der Waals surface area contributed by atoms with Gasteiger partial charge in [0, 0.05) is 30.6 Å². The summed E-state index contributed by atoms with van der Waals surface area (Å²) in [6, 6.07) is 10.5. The minimum absolute atomic E-state index is 0.216. The molecule has 1 aromatic carbocycles. The average molecular weight is 365 g/mol. The van der Waals surface area contributed by atoms with E-state index in [-0.39, 0.29) is 12.0 Å². The maximum atomic E-state index is 5.55. The van der Waals surface area contributed by atoms with Crippen LogP contribution in [-0.2, 0) is 4.74 Å². The summed E-state index contributed by atoms with van der Waals surface area (Å²) < 4.78 is 7.57. The summed E-state index contributed by atoms with van der Waals surface area (Å²) >= 11 is 0. The number of para-hydroxylation sites is 1. The van der Waals surface area contributed by atoms with Gasteiger partial charge < -0.3 is 4.74 Å². The summed E-state index contributed by atoms with van der Waals surface area (Å²) in [6.45, 7) is 9.90. The van der Waals surface area contributed by atoms with Gasteiger partial charge in [0.05, 0.1) is 30.5 Å². The van der Waals surface area contributed by atoms with Crippen molar-refractivity contribution in [1.29, 1.82) is 0 Å². The average Bonchev–Trinajstić information content (AvgIpc) is 3.14. The Kier molecular flexibility index (Phi) is 5.18. The Labute approximate surface area is 160 Å². The zero-order valence-electron chi connectivity index (χ0n) is 16.3. The highest BCUT2D eigenvalue weighted by molar-refractivity contribution is 5.86. The van der Waals surface area contributed by atoms with E-state index in [0.717, 1.165) is 61.0 Å². The molecule has 0 N–H and O–H groups in total.